The molecule has 0 amide bonds. The van der Waals surface area contributed by atoms with Crippen molar-refractivity contribution in [1.29, 1.82) is 0 Å². The summed E-state index contributed by atoms with van der Waals surface area (Å²) in [6, 6.07) is 0. The molecule has 0 aromatic heterocycles. The van der Waals surface area contributed by atoms with E-state index < -0.39 is 6.29 Å². The first-order chi connectivity index (χ1) is 9.83. The Kier molecular flexibility index (Phi) is 4.11. The molecule has 0 spiro atoms. The molecule has 1 saturated heterocycles. The molecule has 4 atom stereocenters. The Morgan fingerprint density at radius 3 is 2.38 bits per heavy atom. The number of hydrogen-bond donors (Lipinski definition) is 1. The lowest BCUT2D eigenvalue weighted by Crippen LogP contribution is -2.48. The van der Waals surface area contributed by atoms with Crippen LogP contribution >= 0.6 is 0 Å². The number of aliphatic hydroxyl groups excluding tert-OH is 1. The molecule has 1 N–H and O–H groups in total. The van der Waals surface area contributed by atoms with Gasteiger partial charge in [-0.1, -0.05) is 20.8 Å². The number of β-amino-alcohol motifs (C(OH)–C–C–N with tert-alkyl or cyclic N) is 1. The van der Waals surface area contributed by atoms with E-state index in [-0.39, 0.29) is 11.5 Å². The van der Waals surface area contributed by atoms with Crippen LogP contribution in [0.3, 0.4) is 0 Å². The zero-order chi connectivity index (χ0) is 15.3. The van der Waals surface area contributed by atoms with Gasteiger partial charge in [0, 0.05) is 32.7 Å². The molecule has 0 unspecified atom stereocenters. The molecule has 21 heavy (non-hydrogen) atoms. The number of nitrogens with zero attached hydrogens (tertiary/aromatic N) is 2. The van der Waals surface area contributed by atoms with Crippen molar-refractivity contribution < 1.29 is 9.84 Å². The third-order valence-corrected chi connectivity index (χ3v) is 7.05. The van der Waals surface area contributed by atoms with Crippen LogP contribution in [0.2, 0.25) is 0 Å². The van der Waals surface area contributed by atoms with Crippen molar-refractivity contribution in [3.63, 3.8) is 0 Å². The third-order valence-electron chi connectivity index (χ3n) is 7.05. The summed E-state index contributed by atoms with van der Waals surface area (Å²) < 4.78 is 6.11. The van der Waals surface area contributed by atoms with E-state index in [4.69, 9.17) is 4.74 Å². The topological polar surface area (TPSA) is 35.9 Å². The molecule has 0 aromatic carbocycles. The van der Waals surface area contributed by atoms with E-state index in [0.717, 1.165) is 38.5 Å². The molecular formula is C17H32N2O2. The molecule has 3 rings (SSSR count). The molecule has 4 nitrogen and oxygen atoms in total. The normalized spacial score (nSPS) is 41.6. The molecule has 1 aliphatic heterocycles. The molecule has 2 bridgehead atoms. The number of rotatable bonds is 4. The molecule has 0 aromatic rings. The highest BCUT2D eigenvalue weighted by Gasteiger charge is 2.62. The molecular weight excluding hydrogens is 264 g/mol. The van der Waals surface area contributed by atoms with Crippen molar-refractivity contribution in [1.82, 2.24) is 9.80 Å². The first kappa shape index (κ1) is 15.7. The largest absolute Gasteiger partial charge is 0.367 e. The Balaban J connectivity index is 1.53. The van der Waals surface area contributed by atoms with Gasteiger partial charge in [0.2, 0.25) is 0 Å². The number of piperazine rings is 1. The summed E-state index contributed by atoms with van der Waals surface area (Å²) >= 11 is 0. The van der Waals surface area contributed by atoms with Crippen LogP contribution in [0.25, 0.3) is 0 Å². The first-order valence-electron chi connectivity index (χ1n) is 8.57. The van der Waals surface area contributed by atoms with Crippen LogP contribution in [-0.4, -0.2) is 67.1 Å². The summed E-state index contributed by atoms with van der Waals surface area (Å²) in [7, 11) is 2.16. The minimum Gasteiger partial charge on any atom is -0.367 e. The summed E-state index contributed by atoms with van der Waals surface area (Å²) in [5.41, 5.74) is 0.589. The fourth-order valence-electron chi connectivity index (χ4n) is 4.82. The Hall–Kier alpha value is -0.160. The zero-order valence-electron chi connectivity index (χ0n) is 14.1. The first-order valence-corrected chi connectivity index (χ1v) is 8.57. The second-order valence-electron chi connectivity index (χ2n) is 8.29. The van der Waals surface area contributed by atoms with Crippen LogP contribution in [-0.2, 0) is 4.74 Å². The number of ether oxygens (including phenoxy) is 1. The highest BCUT2D eigenvalue weighted by Crippen LogP contribution is 2.66. The van der Waals surface area contributed by atoms with Crippen molar-refractivity contribution in [3.8, 4) is 0 Å². The van der Waals surface area contributed by atoms with Crippen LogP contribution in [0.5, 0.6) is 0 Å². The lowest BCUT2D eigenvalue weighted by Gasteiger charge is -2.40. The summed E-state index contributed by atoms with van der Waals surface area (Å²) in [6.45, 7) is 12.0. The third kappa shape index (κ3) is 2.65. The smallest absolute Gasteiger partial charge is 0.167 e. The van der Waals surface area contributed by atoms with Gasteiger partial charge in [0.05, 0.1) is 6.10 Å². The van der Waals surface area contributed by atoms with Crippen LogP contribution in [0.4, 0.5) is 0 Å². The summed E-state index contributed by atoms with van der Waals surface area (Å²) in [5, 5.41) is 10.4. The van der Waals surface area contributed by atoms with Crippen LogP contribution in [0.1, 0.15) is 40.0 Å². The Bertz CT molecular complexity index is 379. The standard InChI is InChI=1S/C17H32N2O2/c1-16(2)13-5-6-17(16,3)14(11-13)21-15(20)12-19-9-7-18(4)8-10-19/h13-15,20H,5-12H2,1-4H3/t13-,14-,15+,17-/m1/s1. The van der Waals surface area contributed by atoms with E-state index in [1.807, 2.05) is 0 Å². The van der Waals surface area contributed by atoms with Crippen molar-refractivity contribution in [2.24, 2.45) is 16.7 Å². The minimum absolute atomic E-state index is 0.230. The number of likely N-dealkylation sites (N-methyl/N-ethyl adjacent to an activating group) is 1. The van der Waals surface area contributed by atoms with Gasteiger partial charge in [0.25, 0.3) is 0 Å². The molecule has 2 aliphatic carbocycles. The predicted molar refractivity (Wildman–Crippen MR) is 84.0 cm³/mol. The molecule has 0 radical (unpaired) electrons. The predicted octanol–water partition coefficient (Wildman–Crippen LogP) is 1.78. The van der Waals surface area contributed by atoms with E-state index in [1.54, 1.807) is 0 Å². The molecule has 122 valence electrons. The zero-order valence-corrected chi connectivity index (χ0v) is 14.1. The van der Waals surface area contributed by atoms with Gasteiger partial charge in [-0.05, 0) is 43.1 Å². The molecule has 4 heteroatoms. The van der Waals surface area contributed by atoms with E-state index >= 15 is 0 Å². The monoisotopic (exact) mass is 296 g/mol. The minimum atomic E-state index is -0.634. The molecule has 2 saturated carbocycles. The average Bonchev–Trinajstić information content (AvgIpc) is 2.74. The maximum atomic E-state index is 10.4. The molecule has 1 heterocycles. The van der Waals surface area contributed by atoms with Gasteiger partial charge in [-0.3, -0.25) is 4.90 Å². The van der Waals surface area contributed by atoms with E-state index in [1.165, 1.54) is 12.8 Å². The van der Waals surface area contributed by atoms with Crippen molar-refractivity contribution in [2.45, 2.75) is 52.4 Å². The molecule has 3 aliphatic rings. The Morgan fingerprint density at radius 2 is 1.86 bits per heavy atom. The van der Waals surface area contributed by atoms with Crippen molar-refractivity contribution in [3.05, 3.63) is 0 Å². The van der Waals surface area contributed by atoms with E-state index in [2.05, 4.69) is 37.6 Å². The van der Waals surface area contributed by atoms with E-state index in [9.17, 15) is 5.11 Å². The van der Waals surface area contributed by atoms with Gasteiger partial charge in [0.15, 0.2) is 6.29 Å². The highest BCUT2D eigenvalue weighted by atomic mass is 16.6. The van der Waals surface area contributed by atoms with Gasteiger partial charge < -0.3 is 14.7 Å². The van der Waals surface area contributed by atoms with Crippen LogP contribution in [0.15, 0.2) is 0 Å². The maximum Gasteiger partial charge on any atom is 0.167 e. The van der Waals surface area contributed by atoms with Crippen LogP contribution < -0.4 is 0 Å². The van der Waals surface area contributed by atoms with Crippen molar-refractivity contribution in [2.75, 3.05) is 39.8 Å². The van der Waals surface area contributed by atoms with Crippen molar-refractivity contribution >= 4 is 0 Å². The summed E-state index contributed by atoms with van der Waals surface area (Å²) in [6.07, 6.45) is 3.30. The average molecular weight is 296 g/mol. The SMILES string of the molecule is CN1CCN(C[C@@H](O)O[C@@H]2C[C@H]3CC[C@@]2(C)C3(C)C)CC1. The lowest BCUT2D eigenvalue weighted by atomic mass is 9.70. The second kappa shape index (κ2) is 5.48. The van der Waals surface area contributed by atoms with Crippen LogP contribution in [0, 0.1) is 16.7 Å². The Labute approximate surface area is 129 Å². The summed E-state index contributed by atoms with van der Waals surface area (Å²) in [4.78, 5) is 4.66. The second-order valence-corrected chi connectivity index (χ2v) is 8.29. The number of fused-ring (bicyclic) bond motifs is 2. The quantitative estimate of drug-likeness (QED) is 0.802. The summed E-state index contributed by atoms with van der Waals surface area (Å²) in [5.74, 6) is 0.767. The highest BCUT2D eigenvalue weighted by molar-refractivity contribution is 5.11. The van der Waals surface area contributed by atoms with Gasteiger partial charge in [0.1, 0.15) is 0 Å². The molecule has 3 fully saturated rings. The fourth-order valence-corrected chi connectivity index (χ4v) is 4.82. The van der Waals surface area contributed by atoms with Gasteiger partial charge >= 0.3 is 0 Å². The van der Waals surface area contributed by atoms with Gasteiger partial charge in [-0.25, -0.2) is 0 Å². The lowest BCUT2D eigenvalue weighted by molar-refractivity contribution is -0.180. The number of aliphatic hydroxyl groups is 1. The number of hydrogen-bond acceptors (Lipinski definition) is 4. The van der Waals surface area contributed by atoms with E-state index in [0.29, 0.717) is 12.0 Å². The van der Waals surface area contributed by atoms with Gasteiger partial charge in [-0.2, -0.15) is 0 Å². The maximum absolute atomic E-state index is 10.4. The Morgan fingerprint density at radius 1 is 1.19 bits per heavy atom. The fraction of sp³-hybridized carbons (Fsp3) is 1.00. The van der Waals surface area contributed by atoms with Gasteiger partial charge in [-0.15, -0.1) is 0 Å².